The van der Waals surface area contributed by atoms with Crippen molar-refractivity contribution in [3.8, 4) is 0 Å². The van der Waals surface area contributed by atoms with E-state index in [1.54, 1.807) is 11.3 Å². The molecule has 5 heteroatoms. The number of nitrogens with zero attached hydrogens (tertiary/aromatic N) is 1. The van der Waals surface area contributed by atoms with E-state index in [1.165, 1.54) is 29.8 Å². The SMILES string of the molecule is CCC1CCc2nc(NC(=O)CC3CCCN3)sc2C1. The molecule has 1 aromatic rings. The highest BCUT2D eigenvalue weighted by Crippen LogP contribution is 2.33. The first-order valence-electron chi connectivity index (χ1n) is 7.76. The predicted molar refractivity (Wildman–Crippen MR) is 82.2 cm³/mol. The second kappa shape index (κ2) is 6.22. The van der Waals surface area contributed by atoms with Crippen molar-refractivity contribution in [3.05, 3.63) is 10.6 Å². The molecule has 2 unspecified atom stereocenters. The van der Waals surface area contributed by atoms with E-state index in [0.29, 0.717) is 12.5 Å². The minimum Gasteiger partial charge on any atom is -0.313 e. The third-order valence-corrected chi connectivity index (χ3v) is 5.49. The molecule has 2 aliphatic rings. The summed E-state index contributed by atoms with van der Waals surface area (Å²) >= 11 is 1.68. The van der Waals surface area contributed by atoms with Gasteiger partial charge in [0.15, 0.2) is 5.13 Å². The van der Waals surface area contributed by atoms with E-state index in [0.717, 1.165) is 36.9 Å². The van der Waals surface area contributed by atoms with Gasteiger partial charge in [-0.3, -0.25) is 4.79 Å². The van der Waals surface area contributed by atoms with Crippen LogP contribution in [0.1, 0.15) is 49.6 Å². The second-order valence-corrected chi connectivity index (χ2v) is 7.04. The molecule has 0 radical (unpaired) electrons. The molecule has 0 bridgehead atoms. The number of carbonyl (C=O) groups is 1. The maximum absolute atomic E-state index is 12.0. The van der Waals surface area contributed by atoms with Gasteiger partial charge in [-0.2, -0.15) is 0 Å². The highest BCUT2D eigenvalue weighted by molar-refractivity contribution is 7.15. The normalized spacial score (nSPS) is 25.4. The van der Waals surface area contributed by atoms with Gasteiger partial charge in [0.05, 0.1) is 5.69 Å². The van der Waals surface area contributed by atoms with Gasteiger partial charge in [-0.25, -0.2) is 4.98 Å². The van der Waals surface area contributed by atoms with Crippen molar-refractivity contribution in [3.63, 3.8) is 0 Å². The molecule has 4 nitrogen and oxygen atoms in total. The third-order valence-electron chi connectivity index (χ3n) is 4.46. The molecule has 1 aromatic heterocycles. The number of aryl methyl sites for hydroxylation is 1. The van der Waals surface area contributed by atoms with E-state index in [-0.39, 0.29) is 5.91 Å². The number of rotatable bonds is 4. The first-order valence-corrected chi connectivity index (χ1v) is 8.58. The Balaban J connectivity index is 1.58. The van der Waals surface area contributed by atoms with Crippen LogP contribution in [0.3, 0.4) is 0 Å². The molecule has 1 saturated heterocycles. The number of anilines is 1. The van der Waals surface area contributed by atoms with Crippen LogP contribution in [0.5, 0.6) is 0 Å². The molecule has 0 saturated carbocycles. The van der Waals surface area contributed by atoms with Gasteiger partial charge in [0, 0.05) is 17.3 Å². The van der Waals surface area contributed by atoms with Crippen LogP contribution in [0.2, 0.25) is 0 Å². The van der Waals surface area contributed by atoms with Crippen molar-refractivity contribution in [2.45, 2.75) is 57.9 Å². The Morgan fingerprint density at radius 2 is 2.40 bits per heavy atom. The van der Waals surface area contributed by atoms with Gasteiger partial charge in [-0.15, -0.1) is 11.3 Å². The van der Waals surface area contributed by atoms with E-state index >= 15 is 0 Å². The Morgan fingerprint density at radius 1 is 1.50 bits per heavy atom. The fourth-order valence-electron chi connectivity index (χ4n) is 3.17. The lowest BCUT2D eigenvalue weighted by Gasteiger charge is -2.18. The van der Waals surface area contributed by atoms with E-state index in [1.807, 2.05) is 0 Å². The zero-order valence-corrected chi connectivity index (χ0v) is 12.9. The lowest BCUT2D eigenvalue weighted by atomic mass is 9.89. The quantitative estimate of drug-likeness (QED) is 0.897. The summed E-state index contributed by atoms with van der Waals surface area (Å²) < 4.78 is 0. The lowest BCUT2D eigenvalue weighted by Crippen LogP contribution is -2.27. The maximum Gasteiger partial charge on any atom is 0.227 e. The number of hydrogen-bond donors (Lipinski definition) is 2. The molecule has 1 aliphatic heterocycles. The Kier molecular flexibility index (Phi) is 4.36. The van der Waals surface area contributed by atoms with Crippen LogP contribution in [0.25, 0.3) is 0 Å². The fraction of sp³-hybridized carbons (Fsp3) is 0.733. The van der Waals surface area contributed by atoms with E-state index in [4.69, 9.17) is 0 Å². The average Bonchev–Trinajstić information content (AvgIpc) is 3.06. The van der Waals surface area contributed by atoms with Gasteiger partial charge in [0.2, 0.25) is 5.91 Å². The number of aromatic nitrogens is 1. The Morgan fingerprint density at radius 3 is 3.15 bits per heavy atom. The number of fused-ring (bicyclic) bond motifs is 1. The molecule has 1 aliphatic carbocycles. The predicted octanol–water partition coefficient (Wildman–Crippen LogP) is 2.74. The minimum atomic E-state index is 0.0996. The Bertz CT molecular complexity index is 479. The van der Waals surface area contributed by atoms with Gasteiger partial charge in [-0.1, -0.05) is 13.3 Å². The van der Waals surface area contributed by atoms with Crippen LogP contribution in [-0.2, 0) is 17.6 Å². The van der Waals surface area contributed by atoms with Gasteiger partial charge < -0.3 is 10.6 Å². The molecule has 3 rings (SSSR count). The summed E-state index contributed by atoms with van der Waals surface area (Å²) in [4.78, 5) is 18.0. The van der Waals surface area contributed by atoms with Gasteiger partial charge in [0.1, 0.15) is 0 Å². The van der Waals surface area contributed by atoms with Gasteiger partial charge in [0.25, 0.3) is 0 Å². The zero-order chi connectivity index (χ0) is 13.9. The van der Waals surface area contributed by atoms with Gasteiger partial charge in [-0.05, 0) is 44.6 Å². The smallest absolute Gasteiger partial charge is 0.227 e. The van der Waals surface area contributed by atoms with E-state index in [2.05, 4.69) is 22.5 Å². The first-order chi connectivity index (χ1) is 9.74. The Hall–Kier alpha value is -0.940. The molecule has 2 N–H and O–H groups in total. The molecular weight excluding hydrogens is 270 g/mol. The monoisotopic (exact) mass is 293 g/mol. The van der Waals surface area contributed by atoms with Gasteiger partial charge >= 0.3 is 0 Å². The molecule has 1 fully saturated rings. The topological polar surface area (TPSA) is 54.0 Å². The lowest BCUT2D eigenvalue weighted by molar-refractivity contribution is -0.116. The van der Waals surface area contributed by atoms with Crippen LogP contribution < -0.4 is 10.6 Å². The first kappa shape index (κ1) is 14.0. The summed E-state index contributed by atoms with van der Waals surface area (Å²) in [5.74, 6) is 0.900. The minimum absolute atomic E-state index is 0.0996. The number of thiazole rings is 1. The average molecular weight is 293 g/mol. The molecule has 20 heavy (non-hydrogen) atoms. The van der Waals surface area contributed by atoms with Crippen molar-refractivity contribution >= 4 is 22.4 Å². The summed E-state index contributed by atoms with van der Waals surface area (Å²) in [5.41, 5.74) is 1.22. The molecule has 1 amide bonds. The Labute approximate surface area is 124 Å². The molecular formula is C15H23N3OS. The second-order valence-electron chi connectivity index (χ2n) is 5.95. The number of hydrogen-bond acceptors (Lipinski definition) is 4. The fourth-order valence-corrected chi connectivity index (χ4v) is 4.31. The van der Waals surface area contributed by atoms with Crippen molar-refractivity contribution in [2.24, 2.45) is 5.92 Å². The molecule has 0 aromatic carbocycles. The summed E-state index contributed by atoms with van der Waals surface area (Å²) in [6.45, 7) is 3.30. The largest absolute Gasteiger partial charge is 0.313 e. The highest BCUT2D eigenvalue weighted by atomic mass is 32.1. The number of nitrogens with one attached hydrogen (secondary N) is 2. The van der Waals surface area contributed by atoms with Crippen molar-refractivity contribution in [2.75, 3.05) is 11.9 Å². The summed E-state index contributed by atoms with van der Waals surface area (Å²) in [5, 5.41) is 7.15. The summed E-state index contributed by atoms with van der Waals surface area (Å²) in [6.07, 6.45) is 7.57. The molecule has 2 atom stereocenters. The van der Waals surface area contributed by atoms with E-state index < -0.39 is 0 Å². The van der Waals surface area contributed by atoms with Crippen LogP contribution >= 0.6 is 11.3 Å². The van der Waals surface area contributed by atoms with Crippen molar-refractivity contribution in [1.29, 1.82) is 0 Å². The highest BCUT2D eigenvalue weighted by Gasteiger charge is 2.23. The molecule has 110 valence electrons. The number of amides is 1. The summed E-state index contributed by atoms with van der Waals surface area (Å²) in [6, 6.07) is 0.356. The van der Waals surface area contributed by atoms with Crippen LogP contribution in [0.4, 0.5) is 5.13 Å². The number of carbonyl (C=O) groups excluding carboxylic acids is 1. The molecule has 0 spiro atoms. The third kappa shape index (κ3) is 3.20. The zero-order valence-electron chi connectivity index (χ0n) is 12.1. The standard InChI is InChI=1S/C15H23N3OS/c1-2-10-5-6-12-13(8-10)20-15(17-12)18-14(19)9-11-4-3-7-16-11/h10-11,16H,2-9H2,1H3,(H,17,18,19). The maximum atomic E-state index is 12.0. The van der Waals surface area contributed by atoms with E-state index in [9.17, 15) is 4.79 Å². The van der Waals surface area contributed by atoms with Crippen molar-refractivity contribution < 1.29 is 4.79 Å². The molecule has 2 heterocycles. The van der Waals surface area contributed by atoms with Crippen LogP contribution in [0.15, 0.2) is 0 Å². The summed E-state index contributed by atoms with van der Waals surface area (Å²) in [7, 11) is 0. The van der Waals surface area contributed by atoms with Crippen LogP contribution in [0, 0.1) is 5.92 Å². The van der Waals surface area contributed by atoms with Crippen molar-refractivity contribution in [1.82, 2.24) is 10.3 Å². The van der Waals surface area contributed by atoms with Crippen LogP contribution in [-0.4, -0.2) is 23.5 Å².